The van der Waals surface area contributed by atoms with Gasteiger partial charge < -0.3 is 10.2 Å². The van der Waals surface area contributed by atoms with Gasteiger partial charge in [-0.15, -0.1) is 11.3 Å². The molecule has 0 aromatic carbocycles. The van der Waals surface area contributed by atoms with E-state index in [0.29, 0.717) is 19.5 Å². The molecule has 108 valence electrons. The van der Waals surface area contributed by atoms with E-state index in [1.54, 1.807) is 17.5 Å². The molecule has 0 saturated heterocycles. The Bertz CT molecular complexity index is 504. The second-order valence-corrected chi connectivity index (χ2v) is 5.29. The maximum Gasteiger partial charge on any atom is 0.142 e. The minimum absolute atomic E-state index is 0.114. The van der Waals surface area contributed by atoms with Crippen LogP contribution in [0.5, 0.6) is 0 Å². The van der Waals surface area contributed by atoms with E-state index in [1.807, 2.05) is 23.6 Å². The first-order chi connectivity index (χ1) is 9.83. The van der Waals surface area contributed by atoms with Crippen molar-refractivity contribution in [2.75, 3.05) is 26.3 Å². The Kier molecular flexibility index (Phi) is 6.07. The number of pyridine rings is 1. The molecule has 0 aliphatic heterocycles. The van der Waals surface area contributed by atoms with Crippen LogP contribution < -0.4 is 0 Å². The highest BCUT2D eigenvalue weighted by Crippen LogP contribution is 2.22. The quantitative estimate of drug-likeness (QED) is 0.769. The van der Waals surface area contributed by atoms with Crippen molar-refractivity contribution in [2.24, 2.45) is 0 Å². The summed E-state index contributed by atoms with van der Waals surface area (Å²) in [5, 5.41) is 20.9. The summed E-state index contributed by atoms with van der Waals surface area (Å²) < 4.78 is 0. The maximum absolute atomic E-state index is 9.07. The predicted octanol–water partition coefficient (Wildman–Crippen LogP) is 1.38. The highest BCUT2D eigenvalue weighted by Gasteiger charge is 2.10. The number of aliphatic hydroxyl groups excluding tert-OH is 2. The molecule has 20 heavy (non-hydrogen) atoms. The number of aromatic nitrogens is 2. The maximum atomic E-state index is 9.07. The summed E-state index contributed by atoms with van der Waals surface area (Å²) in [6.07, 6.45) is 2.47. The largest absolute Gasteiger partial charge is 0.396 e. The molecule has 6 heteroatoms. The Morgan fingerprint density at radius 3 is 2.75 bits per heavy atom. The number of thiazole rings is 1. The normalized spacial score (nSPS) is 11.2. The molecule has 2 aromatic rings. The molecule has 2 heterocycles. The lowest BCUT2D eigenvalue weighted by atomic mass is 10.3. The van der Waals surface area contributed by atoms with Gasteiger partial charge in [-0.1, -0.05) is 6.07 Å². The lowest BCUT2D eigenvalue weighted by Gasteiger charge is -2.19. The van der Waals surface area contributed by atoms with E-state index in [1.165, 1.54) is 0 Å². The molecule has 2 aromatic heterocycles. The molecular formula is C14H19N3O2S. The SMILES string of the molecule is OCCCN(CCO)Cc1csc(-c2ccccn2)n1. The van der Waals surface area contributed by atoms with Gasteiger partial charge in [-0.2, -0.15) is 0 Å². The average molecular weight is 293 g/mol. The van der Waals surface area contributed by atoms with Gasteiger partial charge in [0.05, 0.1) is 18.0 Å². The summed E-state index contributed by atoms with van der Waals surface area (Å²) in [6.45, 7) is 2.31. The highest BCUT2D eigenvalue weighted by atomic mass is 32.1. The Hall–Kier alpha value is -1.34. The van der Waals surface area contributed by atoms with Gasteiger partial charge in [-0.3, -0.25) is 9.88 Å². The third-order valence-corrected chi connectivity index (χ3v) is 3.78. The fourth-order valence-corrected chi connectivity index (χ4v) is 2.71. The summed E-state index contributed by atoms with van der Waals surface area (Å²) in [6, 6.07) is 5.78. The smallest absolute Gasteiger partial charge is 0.142 e. The van der Waals surface area contributed by atoms with Crippen LogP contribution >= 0.6 is 11.3 Å². The molecule has 2 N–H and O–H groups in total. The van der Waals surface area contributed by atoms with Gasteiger partial charge in [-0.05, 0) is 18.6 Å². The van der Waals surface area contributed by atoms with Crippen LogP contribution in [0.4, 0.5) is 0 Å². The molecule has 0 radical (unpaired) electrons. The van der Waals surface area contributed by atoms with Gasteiger partial charge in [0.25, 0.3) is 0 Å². The zero-order valence-corrected chi connectivity index (χ0v) is 12.1. The van der Waals surface area contributed by atoms with Crippen LogP contribution in [0, 0.1) is 0 Å². The molecule has 0 aliphatic carbocycles. The number of rotatable bonds is 8. The van der Waals surface area contributed by atoms with Crippen LogP contribution in [0.2, 0.25) is 0 Å². The fourth-order valence-electron chi connectivity index (χ4n) is 1.92. The zero-order chi connectivity index (χ0) is 14.2. The summed E-state index contributed by atoms with van der Waals surface area (Å²) in [7, 11) is 0. The van der Waals surface area contributed by atoms with E-state index in [2.05, 4.69) is 14.9 Å². The van der Waals surface area contributed by atoms with Gasteiger partial charge in [-0.25, -0.2) is 4.98 Å². The molecule has 0 unspecified atom stereocenters. The van der Waals surface area contributed by atoms with Gasteiger partial charge >= 0.3 is 0 Å². The van der Waals surface area contributed by atoms with Crippen molar-refractivity contribution in [1.82, 2.24) is 14.9 Å². The summed E-state index contributed by atoms with van der Waals surface area (Å²) in [4.78, 5) is 11.0. The molecular weight excluding hydrogens is 274 g/mol. The Balaban J connectivity index is 2.00. The monoisotopic (exact) mass is 293 g/mol. The highest BCUT2D eigenvalue weighted by molar-refractivity contribution is 7.13. The first kappa shape index (κ1) is 15.1. The molecule has 0 bridgehead atoms. The van der Waals surface area contributed by atoms with Crippen molar-refractivity contribution in [2.45, 2.75) is 13.0 Å². The predicted molar refractivity (Wildman–Crippen MR) is 79.4 cm³/mol. The number of nitrogens with zero attached hydrogens (tertiary/aromatic N) is 3. The van der Waals surface area contributed by atoms with E-state index in [-0.39, 0.29) is 13.2 Å². The molecule has 0 amide bonds. The van der Waals surface area contributed by atoms with Crippen molar-refractivity contribution in [1.29, 1.82) is 0 Å². The second-order valence-electron chi connectivity index (χ2n) is 4.44. The number of hydrogen-bond acceptors (Lipinski definition) is 6. The van der Waals surface area contributed by atoms with E-state index in [9.17, 15) is 0 Å². The van der Waals surface area contributed by atoms with E-state index >= 15 is 0 Å². The van der Waals surface area contributed by atoms with Gasteiger partial charge in [0.15, 0.2) is 0 Å². The third-order valence-electron chi connectivity index (χ3n) is 2.87. The number of aliphatic hydroxyl groups is 2. The van der Waals surface area contributed by atoms with E-state index in [0.717, 1.165) is 22.9 Å². The third kappa shape index (κ3) is 4.35. The summed E-state index contributed by atoms with van der Waals surface area (Å²) in [5.74, 6) is 0. The number of hydrogen-bond donors (Lipinski definition) is 2. The zero-order valence-electron chi connectivity index (χ0n) is 11.3. The van der Waals surface area contributed by atoms with Crippen LogP contribution in [0.15, 0.2) is 29.8 Å². The van der Waals surface area contributed by atoms with Gasteiger partial charge in [0.1, 0.15) is 5.01 Å². The van der Waals surface area contributed by atoms with Crippen molar-refractivity contribution < 1.29 is 10.2 Å². The van der Waals surface area contributed by atoms with Crippen molar-refractivity contribution in [3.05, 3.63) is 35.5 Å². The van der Waals surface area contributed by atoms with Crippen molar-refractivity contribution in [3.63, 3.8) is 0 Å². The topological polar surface area (TPSA) is 69.5 Å². The molecule has 2 rings (SSSR count). The molecule has 0 fully saturated rings. The van der Waals surface area contributed by atoms with E-state index < -0.39 is 0 Å². The van der Waals surface area contributed by atoms with Gasteiger partial charge in [0, 0.05) is 37.8 Å². The lowest BCUT2D eigenvalue weighted by Crippen LogP contribution is -2.28. The summed E-state index contributed by atoms with van der Waals surface area (Å²) >= 11 is 1.57. The minimum Gasteiger partial charge on any atom is -0.396 e. The molecule has 0 saturated carbocycles. The standard InChI is InChI=1S/C14H19N3O2S/c18-8-3-6-17(7-9-19)10-12-11-20-14(16-12)13-4-1-2-5-15-13/h1-2,4-5,11,18-19H,3,6-10H2. The molecule has 5 nitrogen and oxygen atoms in total. The Morgan fingerprint density at radius 1 is 1.15 bits per heavy atom. The van der Waals surface area contributed by atoms with Crippen molar-refractivity contribution >= 4 is 11.3 Å². The molecule has 0 atom stereocenters. The second kappa shape index (κ2) is 8.06. The van der Waals surface area contributed by atoms with Crippen LogP contribution in [0.25, 0.3) is 10.7 Å². The van der Waals surface area contributed by atoms with Crippen LogP contribution in [-0.4, -0.2) is 51.4 Å². The first-order valence-electron chi connectivity index (χ1n) is 6.63. The van der Waals surface area contributed by atoms with Crippen LogP contribution in [0.1, 0.15) is 12.1 Å². The molecule has 0 aliphatic rings. The Morgan fingerprint density at radius 2 is 2.05 bits per heavy atom. The first-order valence-corrected chi connectivity index (χ1v) is 7.51. The minimum atomic E-state index is 0.114. The Labute approximate surface area is 122 Å². The van der Waals surface area contributed by atoms with Gasteiger partial charge in [0.2, 0.25) is 0 Å². The summed E-state index contributed by atoms with van der Waals surface area (Å²) in [5.41, 5.74) is 1.86. The van der Waals surface area contributed by atoms with Crippen molar-refractivity contribution in [3.8, 4) is 10.7 Å². The average Bonchev–Trinajstić information content (AvgIpc) is 2.94. The van der Waals surface area contributed by atoms with E-state index in [4.69, 9.17) is 10.2 Å². The van der Waals surface area contributed by atoms with Crippen LogP contribution in [0.3, 0.4) is 0 Å². The van der Waals surface area contributed by atoms with Crippen LogP contribution in [-0.2, 0) is 6.54 Å². The fraction of sp³-hybridized carbons (Fsp3) is 0.429. The molecule has 0 spiro atoms. The lowest BCUT2D eigenvalue weighted by molar-refractivity contribution is 0.173.